The van der Waals surface area contributed by atoms with E-state index in [9.17, 15) is 9.59 Å². The molecule has 0 spiro atoms. The van der Waals surface area contributed by atoms with Gasteiger partial charge in [0.2, 0.25) is 0 Å². The number of carbonyl (C=O) groups excluding carboxylic acids is 2. The van der Waals surface area contributed by atoms with E-state index < -0.39 is 0 Å². The Kier molecular flexibility index (Phi) is 30.6. The van der Waals surface area contributed by atoms with E-state index in [1.165, 1.54) is 167 Å². The van der Waals surface area contributed by atoms with Crippen molar-refractivity contribution < 1.29 is 9.59 Å². The van der Waals surface area contributed by atoms with Crippen molar-refractivity contribution in [2.24, 2.45) is 0 Å². The van der Waals surface area contributed by atoms with Crippen molar-refractivity contribution in [3.63, 3.8) is 0 Å². The fourth-order valence-corrected chi connectivity index (χ4v) is 7.72. The Morgan fingerprint density at radius 1 is 0.400 bits per heavy atom. The van der Waals surface area contributed by atoms with Crippen molar-refractivity contribution in [2.45, 2.75) is 219 Å². The molecule has 0 radical (unpaired) electrons. The van der Waals surface area contributed by atoms with Crippen LogP contribution in [0.2, 0.25) is 0 Å². The molecule has 45 heavy (non-hydrogen) atoms. The molecular formula is C40H74N2O2Se. The van der Waals surface area contributed by atoms with Crippen LogP contribution in [0.25, 0.3) is 0 Å². The summed E-state index contributed by atoms with van der Waals surface area (Å²) in [7, 11) is 0. The van der Waals surface area contributed by atoms with Gasteiger partial charge < -0.3 is 0 Å². The summed E-state index contributed by atoms with van der Waals surface area (Å²) in [4.78, 5) is 29.2. The van der Waals surface area contributed by atoms with Crippen LogP contribution in [0, 0.1) is 0 Å². The van der Waals surface area contributed by atoms with Crippen LogP contribution < -0.4 is 10.6 Å². The molecule has 0 aliphatic rings. The number of carbonyl (C=O) groups is 2. The van der Waals surface area contributed by atoms with Crippen molar-refractivity contribution in [3.05, 3.63) is 9.88 Å². The monoisotopic (exact) mass is 694 g/mol. The van der Waals surface area contributed by atoms with Gasteiger partial charge in [-0.15, -0.1) is 0 Å². The summed E-state index contributed by atoms with van der Waals surface area (Å²) in [6.45, 7) is 4.56. The van der Waals surface area contributed by atoms with Crippen LogP contribution >= 0.6 is 0 Å². The number of rotatable bonds is 34. The summed E-state index contributed by atoms with van der Waals surface area (Å²) in [5.41, 5.74) is 1.62. The number of anilines is 2. The summed E-state index contributed by atoms with van der Waals surface area (Å²) in [5, 5.41) is 6.12. The number of unbranched alkanes of at least 4 members (excludes halogenated alkanes) is 28. The molecule has 1 aromatic rings. The normalized spacial score (nSPS) is 11.2. The molecule has 0 aliphatic carbocycles. The zero-order chi connectivity index (χ0) is 32.5. The van der Waals surface area contributed by atoms with Gasteiger partial charge in [-0.3, -0.25) is 0 Å². The van der Waals surface area contributed by atoms with E-state index in [1.54, 1.807) is 0 Å². The molecule has 1 heterocycles. The molecule has 1 aromatic heterocycles. The minimum absolute atomic E-state index is 0.0798. The summed E-state index contributed by atoms with van der Waals surface area (Å²) < 4.78 is 0. The van der Waals surface area contributed by atoms with Crippen LogP contribution in [0.5, 0.6) is 0 Å². The number of hydrogen-bond acceptors (Lipinski definition) is 2. The van der Waals surface area contributed by atoms with Gasteiger partial charge in [-0.1, -0.05) is 117 Å². The van der Waals surface area contributed by atoms with Gasteiger partial charge in [0.05, 0.1) is 0 Å². The average Bonchev–Trinajstić information content (AvgIpc) is 3.46. The number of hydrogen-bond donors (Lipinski definition) is 2. The van der Waals surface area contributed by atoms with Crippen molar-refractivity contribution in [3.8, 4) is 0 Å². The predicted octanol–water partition coefficient (Wildman–Crippen LogP) is 13.1. The Hall–Kier alpha value is -1.06. The Morgan fingerprint density at radius 3 is 0.867 bits per heavy atom. The van der Waals surface area contributed by atoms with Crippen molar-refractivity contribution in [2.75, 3.05) is 10.6 Å². The molecule has 0 unspecified atom stereocenters. The van der Waals surface area contributed by atoms with E-state index in [0.29, 0.717) is 12.8 Å². The molecule has 0 bridgehead atoms. The Morgan fingerprint density at radius 2 is 0.622 bits per heavy atom. The second-order valence-corrected chi connectivity index (χ2v) is 15.3. The molecule has 0 aliphatic heterocycles. The molecule has 5 heteroatoms. The second kappa shape index (κ2) is 32.9. The Labute approximate surface area is 286 Å². The van der Waals surface area contributed by atoms with Gasteiger partial charge in [0.25, 0.3) is 0 Å². The molecule has 4 nitrogen and oxygen atoms in total. The minimum atomic E-state index is 0.0798. The molecule has 262 valence electrons. The van der Waals surface area contributed by atoms with E-state index >= 15 is 0 Å². The van der Waals surface area contributed by atoms with Gasteiger partial charge in [0.15, 0.2) is 0 Å². The fourth-order valence-electron chi connectivity index (χ4n) is 6.23. The number of amides is 2. The summed E-state index contributed by atoms with van der Waals surface area (Å²) in [6, 6.07) is 0. The van der Waals surface area contributed by atoms with Gasteiger partial charge in [-0.2, -0.15) is 0 Å². The van der Waals surface area contributed by atoms with E-state index in [-0.39, 0.29) is 26.3 Å². The second-order valence-electron chi connectivity index (χ2n) is 13.7. The van der Waals surface area contributed by atoms with Gasteiger partial charge >= 0.3 is 171 Å². The molecule has 2 N–H and O–H groups in total. The SMILES string of the molecule is CCCCCCCCCCCCCCCCCC(=O)Nc1c[se]cc1NC(=O)CCCCCCCCCCCCCCCCC. The van der Waals surface area contributed by atoms with Crippen LogP contribution in [0.3, 0.4) is 0 Å². The third kappa shape index (κ3) is 27.7. The minimum Gasteiger partial charge on any atom is -0.0654 e. The van der Waals surface area contributed by atoms with Crippen LogP contribution in [0.1, 0.15) is 219 Å². The molecule has 0 saturated heterocycles. The first-order valence-corrected chi connectivity index (χ1v) is 21.8. The molecule has 0 aromatic carbocycles. The van der Waals surface area contributed by atoms with Crippen LogP contribution in [-0.2, 0) is 9.59 Å². The third-order valence-corrected chi connectivity index (χ3v) is 10.8. The smallest absolute Gasteiger partial charge is 0.0654 e. The summed E-state index contributed by atoms with van der Waals surface area (Å²) in [5.74, 6) is 0.160. The maximum atomic E-state index is 12.5. The first kappa shape index (κ1) is 42.0. The van der Waals surface area contributed by atoms with Crippen molar-refractivity contribution in [1.29, 1.82) is 0 Å². The van der Waals surface area contributed by atoms with E-state index in [4.69, 9.17) is 0 Å². The van der Waals surface area contributed by atoms with Crippen LogP contribution in [-0.4, -0.2) is 26.3 Å². The van der Waals surface area contributed by atoms with Crippen molar-refractivity contribution in [1.82, 2.24) is 0 Å². The van der Waals surface area contributed by atoms with E-state index in [2.05, 4.69) is 34.4 Å². The quantitative estimate of drug-likeness (QED) is 0.0558. The molecule has 2 amide bonds. The molecule has 0 fully saturated rings. The first-order chi connectivity index (χ1) is 22.2. The Bertz CT molecular complexity index is 731. The summed E-state index contributed by atoms with van der Waals surface area (Å²) >= 11 is 0.203. The van der Waals surface area contributed by atoms with Crippen molar-refractivity contribution >= 4 is 37.7 Å². The zero-order valence-corrected chi connectivity index (χ0v) is 31.7. The van der Waals surface area contributed by atoms with Crippen LogP contribution in [0.15, 0.2) is 9.88 Å². The summed E-state index contributed by atoms with van der Waals surface area (Å²) in [6.07, 6.45) is 41.1. The van der Waals surface area contributed by atoms with Crippen LogP contribution in [0.4, 0.5) is 11.4 Å². The van der Waals surface area contributed by atoms with E-state index in [0.717, 1.165) is 37.1 Å². The molecule has 0 atom stereocenters. The van der Waals surface area contributed by atoms with Gasteiger partial charge in [-0.25, -0.2) is 0 Å². The molecule has 0 saturated carbocycles. The average molecular weight is 694 g/mol. The maximum absolute atomic E-state index is 12.5. The first-order valence-electron chi connectivity index (χ1n) is 19.8. The number of nitrogens with one attached hydrogen (secondary N) is 2. The van der Waals surface area contributed by atoms with Gasteiger partial charge in [0, 0.05) is 0 Å². The Balaban J connectivity index is 1.94. The molecular weight excluding hydrogens is 619 g/mol. The topological polar surface area (TPSA) is 58.2 Å². The van der Waals surface area contributed by atoms with Gasteiger partial charge in [0.1, 0.15) is 0 Å². The zero-order valence-electron chi connectivity index (χ0n) is 30.0. The van der Waals surface area contributed by atoms with Gasteiger partial charge in [-0.05, 0) is 0 Å². The fraction of sp³-hybridized carbons (Fsp3) is 0.850. The standard InChI is InChI=1S/C40H74N2O2Se/c1-3-5-7-9-11-13-15-17-19-21-23-25-27-29-31-33-39(43)41-37-35-45-36-38(37)42-40(44)34-32-30-28-26-24-22-20-18-16-14-12-10-8-6-4-2/h35-36H,3-34H2,1-2H3,(H,41,43)(H,42,44). The molecule has 1 rings (SSSR count). The van der Waals surface area contributed by atoms with E-state index in [1.807, 2.05) is 0 Å². The third-order valence-electron chi connectivity index (χ3n) is 9.22. The predicted molar refractivity (Wildman–Crippen MR) is 200 cm³/mol.